The highest BCUT2D eigenvalue weighted by molar-refractivity contribution is 7.15. The summed E-state index contributed by atoms with van der Waals surface area (Å²) in [7, 11) is 0. The molecule has 10 aliphatic carbocycles. The van der Waals surface area contributed by atoms with E-state index in [1.165, 1.54) is 99.0 Å². The van der Waals surface area contributed by atoms with Crippen LogP contribution in [0.25, 0.3) is 42.8 Å². The van der Waals surface area contributed by atoms with Crippen LogP contribution in [0.4, 0.5) is 0 Å². The van der Waals surface area contributed by atoms with Crippen molar-refractivity contribution < 1.29 is 0 Å². The van der Waals surface area contributed by atoms with Crippen LogP contribution >= 0.6 is 11.3 Å². The quantitative estimate of drug-likeness (QED) is 0.157. The first-order valence-electron chi connectivity index (χ1n) is 19.2. The van der Waals surface area contributed by atoms with Gasteiger partial charge in [-0.2, -0.15) is 0 Å². The van der Waals surface area contributed by atoms with E-state index in [1.54, 1.807) is 66.8 Å². The van der Waals surface area contributed by atoms with Crippen molar-refractivity contribution in [2.75, 3.05) is 0 Å². The van der Waals surface area contributed by atoms with Crippen molar-refractivity contribution in [1.29, 1.82) is 0 Å². The second-order valence-electron chi connectivity index (χ2n) is 16.2. The third-order valence-corrected chi connectivity index (χ3v) is 15.0. The molecule has 0 N–H and O–H groups in total. The van der Waals surface area contributed by atoms with Gasteiger partial charge in [-0.25, -0.2) is 0 Å². The largest absolute Gasteiger partial charge is 0.141 e. The van der Waals surface area contributed by atoms with Crippen LogP contribution in [0.1, 0.15) is 102 Å². The molecule has 0 fully saturated rings. The van der Waals surface area contributed by atoms with E-state index in [2.05, 4.69) is 98.0 Å². The summed E-state index contributed by atoms with van der Waals surface area (Å²) in [4.78, 5) is 2.85. The molecule has 0 nitrogen and oxygen atoms in total. The third-order valence-electron chi connectivity index (χ3n) is 14.0. The smallest absolute Gasteiger partial charge is 0.0355 e. The zero-order chi connectivity index (χ0) is 32.4. The Morgan fingerprint density at radius 3 is 1.64 bits per heavy atom. The van der Waals surface area contributed by atoms with Crippen molar-refractivity contribution >= 4 is 43.7 Å². The summed E-state index contributed by atoms with van der Waals surface area (Å²) in [5.41, 5.74) is 21.4. The zero-order valence-electron chi connectivity index (χ0n) is 28.5. The van der Waals surface area contributed by atoms with E-state index in [9.17, 15) is 0 Å². The zero-order valence-corrected chi connectivity index (χ0v) is 29.4. The molecular weight excluding hydrogens is 621 g/mol. The molecule has 0 saturated heterocycles. The SMILES string of the molecule is Cc1ccc(-c2c3c(c4ccc5cc6c(c7ccc2c4c57)C2C4=C(CCC=C4)C6C4=C2CCC=C4)C2C4=C(CCC=C4)C3C3=C2CCC=C3)s1. The van der Waals surface area contributed by atoms with E-state index < -0.39 is 0 Å². The van der Waals surface area contributed by atoms with Crippen molar-refractivity contribution in [2.24, 2.45) is 0 Å². The third kappa shape index (κ3) is 3.13. The topological polar surface area (TPSA) is 0 Å². The van der Waals surface area contributed by atoms with E-state index in [0.717, 1.165) is 0 Å². The molecule has 15 rings (SSSR count). The number of thiophene rings is 1. The fraction of sp³-hybridized carbons (Fsp3) is 0.265. The van der Waals surface area contributed by atoms with Gasteiger partial charge in [0.2, 0.25) is 0 Å². The predicted molar refractivity (Wildman–Crippen MR) is 211 cm³/mol. The lowest BCUT2D eigenvalue weighted by Crippen LogP contribution is -2.31. The summed E-state index contributed by atoms with van der Waals surface area (Å²) in [6.45, 7) is 2.28. The van der Waals surface area contributed by atoms with Crippen molar-refractivity contribution in [1.82, 2.24) is 0 Å². The summed E-state index contributed by atoms with van der Waals surface area (Å²) in [6, 6.07) is 17.7. The molecule has 4 aromatic carbocycles. The number of benzene rings is 4. The van der Waals surface area contributed by atoms with Crippen molar-refractivity contribution in [2.45, 2.75) is 82.0 Å². The Labute approximate surface area is 297 Å². The molecule has 1 heterocycles. The number of hydrogen-bond donors (Lipinski definition) is 0. The Balaban J connectivity index is 1.18. The van der Waals surface area contributed by atoms with Gasteiger partial charge in [0.1, 0.15) is 0 Å². The number of allylic oxidation sites excluding steroid dienone is 16. The first-order valence-corrected chi connectivity index (χ1v) is 20.0. The molecule has 4 unspecified atom stereocenters. The monoisotopic (exact) mass is 658 g/mol. The minimum atomic E-state index is 0.373. The Hall–Kier alpha value is -4.46. The molecule has 50 heavy (non-hydrogen) atoms. The highest BCUT2D eigenvalue weighted by Gasteiger charge is 2.48. The first-order chi connectivity index (χ1) is 24.8. The minimum Gasteiger partial charge on any atom is -0.141 e. The molecule has 240 valence electrons. The molecule has 4 bridgehead atoms. The van der Waals surface area contributed by atoms with Gasteiger partial charge < -0.3 is 0 Å². The molecule has 0 radical (unpaired) electrons. The highest BCUT2D eigenvalue weighted by Crippen LogP contribution is 2.66. The van der Waals surface area contributed by atoms with Gasteiger partial charge in [0.25, 0.3) is 0 Å². The van der Waals surface area contributed by atoms with Gasteiger partial charge in [0, 0.05) is 39.0 Å². The maximum atomic E-state index is 2.65. The second-order valence-corrected chi connectivity index (χ2v) is 17.4. The normalized spacial score (nSPS) is 26.8. The Morgan fingerprint density at radius 2 is 1.02 bits per heavy atom. The maximum absolute atomic E-state index is 2.65. The van der Waals surface area contributed by atoms with Gasteiger partial charge in [-0.1, -0.05) is 95.2 Å². The Bertz CT molecular complexity index is 2720. The van der Waals surface area contributed by atoms with Crippen LogP contribution in [0.5, 0.6) is 0 Å². The molecule has 10 aliphatic rings. The second kappa shape index (κ2) is 9.45. The number of rotatable bonds is 1. The lowest BCUT2D eigenvalue weighted by Gasteiger charge is -2.48. The molecule has 0 saturated carbocycles. The van der Waals surface area contributed by atoms with Crippen molar-refractivity contribution in [3.63, 3.8) is 0 Å². The van der Waals surface area contributed by atoms with Crippen LogP contribution in [0, 0.1) is 6.92 Å². The van der Waals surface area contributed by atoms with E-state index in [1.807, 2.05) is 11.3 Å². The number of aryl methyl sites for hydroxylation is 1. The molecule has 0 aliphatic heterocycles. The van der Waals surface area contributed by atoms with Crippen molar-refractivity contribution in [3.05, 3.63) is 163 Å². The van der Waals surface area contributed by atoms with Crippen molar-refractivity contribution in [3.8, 4) is 10.4 Å². The summed E-state index contributed by atoms with van der Waals surface area (Å²) in [5, 5.41) is 8.99. The molecule has 0 spiro atoms. The summed E-state index contributed by atoms with van der Waals surface area (Å²) in [5.74, 6) is 1.57. The van der Waals surface area contributed by atoms with Crippen LogP contribution in [-0.2, 0) is 0 Å². The van der Waals surface area contributed by atoms with Gasteiger partial charge in [-0.15, -0.1) is 11.3 Å². The lowest BCUT2D eigenvalue weighted by atomic mass is 9.55. The molecule has 5 aromatic rings. The highest BCUT2D eigenvalue weighted by atomic mass is 32.1. The lowest BCUT2D eigenvalue weighted by molar-refractivity contribution is 0.657. The maximum Gasteiger partial charge on any atom is 0.0355 e. The minimum absolute atomic E-state index is 0.373. The van der Waals surface area contributed by atoms with Crippen LogP contribution in [-0.4, -0.2) is 0 Å². The van der Waals surface area contributed by atoms with Crippen LogP contribution < -0.4 is 0 Å². The van der Waals surface area contributed by atoms with Crippen LogP contribution in [0.15, 0.2) is 136 Å². The summed E-state index contributed by atoms with van der Waals surface area (Å²) >= 11 is 2.00. The van der Waals surface area contributed by atoms with Gasteiger partial charge in [0.05, 0.1) is 0 Å². The molecular formula is C49H38S. The molecule has 1 heteroatoms. The standard InChI is InChI=1S/C49H38S/c1-25-18-23-39(50-25)47-36-22-21-35-40-26(24-38-41-27-10-2-4-12-29(27)42(46(35)38)30-13-5-3-11-28(30)41)19-20-37(45(36)40)48-43-31-14-6-8-16-33(31)44(49(47)48)34-17-9-7-15-32(34)43/h2,5-6,9-10,13-14,17-24,41-44H,3-4,7-8,11-12,15-16H2,1H3. The fourth-order valence-electron chi connectivity index (χ4n) is 12.4. The molecule has 4 atom stereocenters. The number of hydrogen-bond acceptors (Lipinski definition) is 1. The predicted octanol–water partition coefficient (Wildman–Crippen LogP) is 13.6. The summed E-state index contributed by atoms with van der Waals surface area (Å²) in [6.07, 6.45) is 29.4. The Kier molecular flexibility index (Phi) is 5.16. The summed E-state index contributed by atoms with van der Waals surface area (Å²) < 4.78 is 0. The fourth-order valence-corrected chi connectivity index (χ4v) is 13.3. The first kappa shape index (κ1) is 27.3. The van der Waals surface area contributed by atoms with Gasteiger partial charge >= 0.3 is 0 Å². The van der Waals surface area contributed by atoms with Gasteiger partial charge in [-0.05, 0) is 153 Å². The van der Waals surface area contributed by atoms with Gasteiger partial charge in [-0.3, -0.25) is 0 Å². The van der Waals surface area contributed by atoms with E-state index >= 15 is 0 Å². The Morgan fingerprint density at radius 1 is 0.500 bits per heavy atom. The van der Waals surface area contributed by atoms with E-state index in [-0.39, 0.29) is 0 Å². The molecule has 1 aromatic heterocycles. The van der Waals surface area contributed by atoms with E-state index in [0.29, 0.717) is 23.7 Å². The van der Waals surface area contributed by atoms with E-state index in [4.69, 9.17) is 0 Å². The average Bonchev–Trinajstić information content (AvgIpc) is 3.61. The molecule has 0 amide bonds. The van der Waals surface area contributed by atoms with Crippen LogP contribution in [0.2, 0.25) is 0 Å². The average molecular weight is 659 g/mol. The van der Waals surface area contributed by atoms with Gasteiger partial charge in [0.15, 0.2) is 0 Å². The van der Waals surface area contributed by atoms with Crippen LogP contribution in [0.3, 0.4) is 0 Å².